The van der Waals surface area contributed by atoms with Gasteiger partial charge in [0.15, 0.2) is 5.78 Å². The number of carbonyl (C=O) groups is 1. The summed E-state index contributed by atoms with van der Waals surface area (Å²) in [5.74, 6) is 1.02. The Kier molecular flexibility index (Phi) is 4.33. The van der Waals surface area contributed by atoms with E-state index in [-0.39, 0.29) is 5.78 Å². The molecule has 0 amide bonds. The van der Waals surface area contributed by atoms with Gasteiger partial charge in [0, 0.05) is 5.75 Å². The Labute approximate surface area is 82.9 Å². The fourth-order valence-electron chi connectivity index (χ4n) is 0.863. The zero-order chi connectivity index (χ0) is 9.52. The van der Waals surface area contributed by atoms with Crippen molar-refractivity contribution in [3.05, 3.63) is 47.4 Å². The second-order valence-corrected chi connectivity index (χ2v) is 3.60. The largest absolute Gasteiger partial charge is 0.295 e. The Morgan fingerprint density at radius 3 is 2.69 bits per heavy atom. The Morgan fingerprint density at radius 1 is 1.38 bits per heavy atom. The van der Waals surface area contributed by atoms with Crippen LogP contribution in [0.15, 0.2) is 41.8 Å². The highest BCUT2D eigenvalue weighted by Gasteiger charge is 1.88. The zero-order valence-electron chi connectivity index (χ0n) is 7.57. The molecule has 0 unspecified atom stereocenters. The fourth-order valence-corrected chi connectivity index (χ4v) is 1.63. The molecular weight excluding hydrogens is 180 g/mol. The first-order valence-corrected chi connectivity index (χ1v) is 5.16. The minimum absolute atomic E-state index is 0.0977. The van der Waals surface area contributed by atoms with Crippen molar-refractivity contribution in [2.75, 3.05) is 0 Å². The molecule has 0 aliphatic heterocycles. The van der Waals surface area contributed by atoms with Crippen LogP contribution in [0.3, 0.4) is 0 Å². The van der Waals surface area contributed by atoms with Crippen LogP contribution in [0.5, 0.6) is 0 Å². The second-order valence-electron chi connectivity index (χ2n) is 2.71. The molecule has 68 valence electrons. The van der Waals surface area contributed by atoms with E-state index >= 15 is 0 Å². The number of thioether (sulfide) groups is 1. The van der Waals surface area contributed by atoms with E-state index in [0.29, 0.717) is 0 Å². The van der Waals surface area contributed by atoms with Gasteiger partial charge in [0.2, 0.25) is 0 Å². The maximum Gasteiger partial charge on any atom is 0.153 e. The molecule has 0 spiro atoms. The lowest BCUT2D eigenvalue weighted by Crippen LogP contribution is -1.79. The molecule has 0 heterocycles. The van der Waals surface area contributed by atoms with Gasteiger partial charge in [-0.25, -0.2) is 0 Å². The van der Waals surface area contributed by atoms with E-state index in [2.05, 4.69) is 12.1 Å². The number of allylic oxidation sites excluding steroid dienone is 1. The van der Waals surface area contributed by atoms with E-state index in [4.69, 9.17) is 0 Å². The maximum absolute atomic E-state index is 10.6. The zero-order valence-corrected chi connectivity index (χ0v) is 8.38. The van der Waals surface area contributed by atoms with Gasteiger partial charge in [-0.2, -0.15) is 0 Å². The van der Waals surface area contributed by atoms with Crippen molar-refractivity contribution < 1.29 is 4.79 Å². The van der Waals surface area contributed by atoms with Gasteiger partial charge in [0.25, 0.3) is 0 Å². The van der Waals surface area contributed by atoms with Crippen molar-refractivity contribution in [3.63, 3.8) is 0 Å². The summed E-state index contributed by atoms with van der Waals surface area (Å²) in [7, 11) is 0. The molecule has 0 fully saturated rings. The molecule has 2 heteroatoms. The standard InChI is InChI=1S/C11H12OS/c1-10(12)7-8-13-9-11-5-3-2-4-6-11/h2-8H,9H2,1H3/b8-7+. The monoisotopic (exact) mass is 192 g/mol. The van der Waals surface area contributed by atoms with Crippen LogP contribution in [-0.4, -0.2) is 5.78 Å². The van der Waals surface area contributed by atoms with Crippen molar-refractivity contribution in [2.24, 2.45) is 0 Å². The van der Waals surface area contributed by atoms with Crippen molar-refractivity contribution in [2.45, 2.75) is 12.7 Å². The summed E-state index contributed by atoms with van der Waals surface area (Å²) in [5.41, 5.74) is 1.28. The number of hydrogen-bond donors (Lipinski definition) is 0. The van der Waals surface area contributed by atoms with Crippen LogP contribution in [0.1, 0.15) is 12.5 Å². The Morgan fingerprint density at radius 2 is 2.08 bits per heavy atom. The summed E-state index contributed by atoms with van der Waals surface area (Å²) in [6.45, 7) is 1.56. The summed E-state index contributed by atoms with van der Waals surface area (Å²) in [6, 6.07) is 10.2. The first-order valence-electron chi connectivity index (χ1n) is 4.11. The molecule has 0 aliphatic carbocycles. The van der Waals surface area contributed by atoms with Crippen LogP contribution in [0, 0.1) is 0 Å². The van der Waals surface area contributed by atoms with Crippen LogP contribution >= 0.6 is 11.8 Å². The molecule has 1 nitrogen and oxygen atoms in total. The highest BCUT2D eigenvalue weighted by Crippen LogP contribution is 2.12. The summed E-state index contributed by atoms with van der Waals surface area (Å²) in [4.78, 5) is 10.6. The van der Waals surface area contributed by atoms with Gasteiger partial charge in [0.05, 0.1) is 0 Å². The van der Waals surface area contributed by atoms with E-state index in [9.17, 15) is 4.79 Å². The molecule has 13 heavy (non-hydrogen) atoms. The molecule has 0 saturated heterocycles. The van der Waals surface area contributed by atoms with Crippen LogP contribution in [0.4, 0.5) is 0 Å². The van der Waals surface area contributed by atoms with Gasteiger partial charge in [-0.3, -0.25) is 4.79 Å². The summed E-state index contributed by atoms with van der Waals surface area (Å²) in [5, 5.41) is 1.84. The van der Waals surface area contributed by atoms with Crippen LogP contribution < -0.4 is 0 Å². The van der Waals surface area contributed by atoms with Crippen molar-refractivity contribution >= 4 is 17.5 Å². The molecule has 1 aromatic rings. The lowest BCUT2D eigenvalue weighted by Gasteiger charge is -1.95. The van der Waals surface area contributed by atoms with Gasteiger partial charge >= 0.3 is 0 Å². The molecule has 1 aromatic carbocycles. The van der Waals surface area contributed by atoms with E-state index in [1.165, 1.54) is 5.56 Å². The predicted octanol–water partition coefficient (Wildman–Crippen LogP) is 3.02. The number of rotatable bonds is 4. The van der Waals surface area contributed by atoms with Gasteiger partial charge < -0.3 is 0 Å². The lowest BCUT2D eigenvalue weighted by atomic mass is 10.2. The average molecular weight is 192 g/mol. The SMILES string of the molecule is CC(=O)/C=C/SCc1ccccc1. The Hall–Kier alpha value is -1.02. The minimum Gasteiger partial charge on any atom is -0.295 e. The number of benzene rings is 1. The predicted molar refractivity (Wildman–Crippen MR) is 57.6 cm³/mol. The summed E-state index contributed by atoms with van der Waals surface area (Å²) >= 11 is 1.63. The molecular formula is C11H12OS. The Bertz CT molecular complexity index is 290. The van der Waals surface area contributed by atoms with Gasteiger partial charge in [0.1, 0.15) is 0 Å². The van der Waals surface area contributed by atoms with Gasteiger partial charge in [-0.1, -0.05) is 30.3 Å². The molecule has 0 aliphatic rings. The highest BCUT2D eigenvalue weighted by molar-refractivity contribution is 8.01. The minimum atomic E-state index is 0.0977. The Balaban J connectivity index is 2.32. The van der Waals surface area contributed by atoms with E-state index in [1.807, 2.05) is 23.6 Å². The molecule has 0 aromatic heterocycles. The van der Waals surface area contributed by atoms with Gasteiger partial charge in [-0.15, -0.1) is 11.8 Å². The first-order chi connectivity index (χ1) is 6.29. The number of ketones is 1. The molecule has 0 saturated carbocycles. The van der Waals surface area contributed by atoms with Crippen LogP contribution in [-0.2, 0) is 10.5 Å². The molecule has 0 atom stereocenters. The third-order valence-corrected chi connectivity index (χ3v) is 2.32. The van der Waals surface area contributed by atoms with Crippen molar-refractivity contribution in [1.82, 2.24) is 0 Å². The topological polar surface area (TPSA) is 17.1 Å². The van der Waals surface area contributed by atoms with Gasteiger partial charge in [-0.05, 0) is 24.0 Å². The molecule has 0 bridgehead atoms. The van der Waals surface area contributed by atoms with E-state index in [0.717, 1.165) is 5.75 Å². The fraction of sp³-hybridized carbons (Fsp3) is 0.182. The maximum atomic E-state index is 10.6. The average Bonchev–Trinajstić information content (AvgIpc) is 2.14. The normalized spacial score (nSPS) is 10.5. The second kappa shape index (κ2) is 5.60. The van der Waals surface area contributed by atoms with Crippen LogP contribution in [0.2, 0.25) is 0 Å². The highest BCUT2D eigenvalue weighted by atomic mass is 32.2. The molecule has 0 radical (unpaired) electrons. The van der Waals surface area contributed by atoms with Crippen molar-refractivity contribution in [3.8, 4) is 0 Å². The number of carbonyl (C=O) groups excluding carboxylic acids is 1. The van der Waals surface area contributed by atoms with E-state index < -0.39 is 0 Å². The van der Waals surface area contributed by atoms with Crippen LogP contribution in [0.25, 0.3) is 0 Å². The molecule has 0 N–H and O–H groups in total. The summed E-state index contributed by atoms with van der Waals surface area (Å²) < 4.78 is 0. The third-order valence-electron chi connectivity index (χ3n) is 1.49. The third kappa shape index (κ3) is 4.53. The first kappa shape index (κ1) is 10.1. The smallest absolute Gasteiger partial charge is 0.153 e. The summed E-state index contributed by atoms with van der Waals surface area (Å²) in [6.07, 6.45) is 1.59. The number of hydrogen-bond acceptors (Lipinski definition) is 2. The quantitative estimate of drug-likeness (QED) is 0.682. The van der Waals surface area contributed by atoms with Crippen molar-refractivity contribution in [1.29, 1.82) is 0 Å². The van der Waals surface area contributed by atoms with E-state index in [1.54, 1.807) is 24.8 Å². The lowest BCUT2D eigenvalue weighted by molar-refractivity contribution is -0.112. The molecule has 1 rings (SSSR count).